The SMILES string of the molecule is COC(=O)NC1CCc2scc(C(=O)CCC(=O)O)c2C1. The monoisotopic (exact) mass is 311 g/mol. The van der Waals surface area contributed by atoms with Gasteiger partial charge >= 0.3 is 12.1 Å². The molecule has 1 aliphatic rings. The Hall–Kier alpha value is -1.89. The lowest BCUT2D eigenvalue weighted by Gasteiger charge is -2.23. The molecule has 2 N–H and O–H groups in total. The molecule has 1 heterocycles. The topological polar surface area (TPSA) is 92.7 Å². The highest BCUT2D eigenvalue weighted by Crippen LogP contribution is 2.31. The van der Waals surface area contributed by atoms with Gasteiger partial charge in [-0.1, -0.05) is 0 Å². The molecular formula is C14H17NO5S. The van der Waals surface area contributed by atoms with Gasteiger partial charge in [-0.05, 0) is 24.8 Å². The number of hydrogen-bond acceptors (Lipinski definition) is 5. The highest BCUT2D eigenvalue weighted by molar-refractivity contribution is 7.10. The number of amides is 1. The molecule has 0 radical (unpaired) electrons. The molecule has 1 aliphatic carbocycles. The molecule has 1 unspecified atom stereocenters. The minimum absolute atomic E-state index is 0.00754. The van der Waals surface area contributed by atoms with Crippen molar-refractivity contribution in [1.29, 1.82) is 0 Å². The van der Waals surface area contributed by atoms with E-state index < -0.39 is 12.1 Å². The van der Waals surface area contributed by atoms with Crippen LogP contribution in [0.5, 0.6) is 0 Å². The number of fused-ring (bicyclic) bond motifs is 1. The van der Waals surface area contributed by atoms with Crippen molar-refractivity contribution in [2.75, 3.05) is 7.11 Å². The number of methoxy groups -OCH3 is 1. The van der Waals surface area contributed by atoms with Crippen molar-refractivity contribution in [1.82, 2.24) is 5.32 Å². The Morgan fingerprint density at radius 2 is 2.19 bits per heavy atom. The molecule has 0 fully saturated rings. The van der Waals surface area contributed by atoms with Crippen LogP contribution in [0.1, 0.15) is 40.1 Å². The predicted molar refractivity (Wildman–Crippen MR) is 76.9 cm³/mol. The summed E-state index contributed by atoms with van der Waals surface area (Å²) in [6, 6.07) is -0.0504. The molecule has 0 saturated carbocycles. The van der Waals surface area contributed by atoms with Gasteiger partial charge in [0, 0.05) is 28.3 Å². The summed E-state index contributed by atoms with van der Waals surface area (Å²) in [5, 5.41) is 13.2. The summed E-state index contributed by atoms with van der Waals surface area (Å²) in [4.78, 5) is 35.1. The van der Waals surface area contributed by atoms with Crippen LogP contribution in [-0.2, 0) is 22.4 Å². The van der Waals surface area contributed by atoms with Crippen LogP contribution in [-0.4, -0.2) is 36.1 Å². The third kappa shape index (κ3) is 3.81. The molecule has 0 aliphatic heterocycles. The van der Waals surface area contributed by atoms with Crippen molar-refractivity contribution in [2.24, 2.45) is 0 Å². The molecule has 1 amide bonds. The number of ether oxygens (including phenoxy) is 1. The van der Waals surface area contributed by atoms with Gasteiger partial charge in [0.05, 0.1) is 13.5 Å². The Morgan fingerprint density at radius 3 is 2.86 bits per heavy atom. The number of carboxylic acids is 1. The van der Waals surface area contributed by atoms with Crippen LogP contribution in [0.2, 0.25) is 0 Å². The number of carbonyl (C=O) groups is 3. The summed E-state index contributed by atoms with van der Waals surface area (Å²) in [6.45, 7) is 0. The largest absolute Gasteiger partial charge is 0.481 e. The maximum Gasteiger partial charge on any atom is 0.407 e. The minimum Gasteiger partial charge on any atom is -0.481 e. The van der Waals surface area contributed by atoms with Gasteiger partial charge < -0.3 is 15.2 Å². The molecule has 6 nitrogen and oxygen atoms in total. The second-order valence-electron chi connectivity index (χ2n) is 4.94. The molecule has 114 valence electrons. The fraction of sp³-hybridized carbons (Fsp3) is 0.500. The van der Waals surface area contributed by atoms with E-state index in [0.717, 1.165) is 23.3 Å². The molecule has 0 saturated heterocycles. The number of carboxylic acid groups (broad SMARTS) is 1. The minimum atomic E-state index is -0.974. The normalized spacial score (nSPS) is 16.9. The van der Waals surface area contributed by atoms with Crippen molar-refractivity contribution in [2.45, 2.75) is 38.1 Å². The third-order valence-corrected chi connectivity index (χ3v) is 4.61. The number of aryl methyl sites for hydroxylation is 1. The lowest BCUT2D eigenvalue weighted by atomic mass is 9.90. The summed E-state index contributed by atoms with van der Waals surface area (Å²) in [5.74, 6) is -1.12. The molecule has 1 aromatic rings. The number of carbonyl (C=O) groups excluding carboxylic acids is 2. The molecule has 0 aromatic carbocycles. The first-order valence-corrected chi connectivity index (χ1v) is 7.58. The Labute approximate surface area is 126 Å². The molecule has 0 bridgehead atoms. The average Bonchev–Trinajstić information content (AvgIpc) is 2.87. The van der Waals surface area contributed by atoms with E-state index in [4.69, 9.17) is 5.11 Å². The van der Waals surface area contributed by atoms with Crippen LogP contribution < -0.4 is 5.32 Å². The smallest absolute Gasteiger partial charge is 0.407 e. The van der Waals surface area contributed by atoms with Crippen molar-refractivity contribution in [3.63, 3.8) is 0 Å². The summed E-state index contributed by atoms with van der Waals surface area (Å²) in [6.07, 6.45) is 1.58. The Balaban J connectivity index is 2.07. The maximum absolute atomic E-state index is 12.1. The Kier molecular flexibility index (Phi) is 4.95. The molecule has 21 heavy (non-hydrogen) atoms. The van der Waals surface area contributed by atoms with Gasteiger partial charge in [0.1, 0.15) is 0 Å². The maximum atomic E-state index is 12.1. The van der Waals surface area contributed by atoms with E-state index in [1.54, 1.807) is 5.38 Å². The summed E-state index contributed by atoms with van der Waals surface area (Å²) in [5.41, 5.74) is 1.55. The quantitative estimate of drug-likeness (QED) is 0.811. The fourth-order valence-electron chi connectivity index (χ4n) is 2.45. The molecular weight excluding hydrogens is 294 g/mol. The molecule has 0 spiro atoms. The average molecular weight is 311 g/mol. The van der Waals surface area contributed by atoms with E-state index in [2.05, 4.69) is 10.1 Å². The van der Waals surface area contributed by atoms with E-state index in [1.165, 1.54) is 18.4 Å². The lowest BCUT2D eigenvalue weighted by Crippen LogP contribution is -2.38. The summed E-state index contributed by atoms with van der Waals surface area (Å²) < 4.78 is 4.59. The summed E-state index contributed by atoms with van der Waals surface area (Å²) in [7, 11) is 1.31. The second kappa shape index (κ2) is 6.71. The zero-order chi connectivity index (χ0) is 15.4. The van der Waals surface area contributed by atoms with Gasteiger partial charge in [-0.25, -0.2) is 4.79 Å². The number of alkyl carbamates (subject to hydrolysis) is 1. The number of ketones is 1. The predicted octanol–water partition coefficient (Wildman–Crippen LogP) is 2.01. The van der Waals surface area contributed by atoms with E-state index in [1.807, 2.05) is 0 Å². The standard InChI is InChI=1S/C14H17NO5S/c1-20-14(19)15-8-2-4-12-9(6-8)10(7-21-12)11(16)3-5-13(17)18/h7-8H,2-6H2,1H3,(H,15,19)(H,17,18). The Morgan fingerprint density at radius 1 is 1.43 bits per heavy atom. The Bertz CT molecular complexity index is 566. The molecule has 2 rings (SSSR count). The number of thiophene rings is 1. The number of nitrogens with one attached hydrogen (secondary N) is 1. The zero-order valence-electron chi connectivity index (χ0n) is 11.7. The van der Waals surface area contributed by atoms with Crippen LogP contribution in [0, 0.1) is 0 Å². The highest BCUT2D eigenvalue weighted by Gasteiger charge is 2.26. The van der Waals surface area contributed by atoms with Crippen LogP contribution >= 0.6 is 11.3 Å². The van der Waals surface area contributed by atoms with Crippen molar-refractivity contribution in [3.8, 4) is 0 Å². The number of aliphatic carboxylic acids is 1. The van der Waals surface area contributed by atoms with Crippen LogP contribution in [0.4, 0.5) is 4.79 Å². The van der Waals surface area contributed by atoms with Crippen LogP contribution in [0.3, 0.4) is 0 Å². The van der Waals surface area contributed by atoms with Crippen LogP contribution in [0.15, 0.2) is 5.38 Å². The van der Waals surface area contributed by atoms with Crippen LogP contribution in [0.25, 0.3) is 0 Å². The van der Waals surface area contributed by atoms with E-state index >= 15 is 0 Å². The fourth-order valence-corrected chi connectivity index (χ4v) is 3.55. The van der Waals surface area contributed by atoms with E-state index in [0.29, 0.717) is 12.0 Å². The van der Waals surface area contributed by atoms with Gasteiger partial charge in [-0.2, -0.15) is 0 Å². The zero-order valence-corrected chi connectivity index (χ0v) is 12.5. The number of Topliss-reactive ketones (excluding diaryl/α,β-unsaturated/α-hetero) is 1. The molecule has 1 aromatic heterocycles. The molecule has 1 atom stereocenters. The van der Waals surface area contributed by atoms with E-state index in [-0.39, 0.29) is 24.7 Å². The van der Waals surface area contributed by atoms with Gasteiger partial charge in [-0.15, -0.1) is 11.3 Å². The summed E-state index contributed by atoms with van der Waals surface area (Å²) >= 11 is 1.53. The second-order valence-corrected chi connectivity index (χ2v) is 5.91. The van der Waals surface area contributed by atoms with Crippen molar-refractivity contribution in [3.05, 3.63) is 21.4 Å². The van der Waals surface area contributed by atoms with Gasteiger partial charge in [0.2, 0.25) is 0 Å². The van der Waals surface area contributed by atoms with Gasteiger partial charge in [-0.3, -0.25) is 9.59 Å². The number of hydrogen-bond donors (Lipinski definition) is 2. The third-order valence-electron chi connectivity index (χ3n) is 3.52. The molecule has 7 heteroatoms. The highest BCUT2D eigenvalue weighted by atomic mass is 32.1. The number of rotatable bonds is 5. The van der Waals surface area contributed by atoms with Crippen molar-refractivity contribution >= 4 is 29.2 Å². The van der Waals surface area contributed by atoms with Gasteiger partial charge in [0.25, 0.3) is 0 Å². The first-order chi connectivity index (χ1) is 10.0. The van der Waals surface area contributed by atoms with Crippen molar-refractivity contribution < 1.29 is 24.2 Å². The lowest BCUT2D eigenvalue weighted by molar-refractivity contribution is -0.136. The first kappa shape index (κ1) is 15.5. The van der Waals surface area contributed by atoms with Gasteiger partial charge in [0.15, 0.2) is 5.78 Å². The first-order valence-electron chi connectivity index (χ1n) is 6.70. The van der Waals surface area contributed by atoms with E-state index in [9.17, 15) is 14.4 Å².